The third kappa shape index (κ3) is 2.25. The molecule has 0 bridgehead atoms. The van der Waals surface area contributed by atoms with Gasteiger partial charge in [0.25, 0.3) is 0 Å². The van der Waals surface area contributed by atoms with Crippen molar-refractivity contribution in [2.45, 2.75) is 20.3 Å². The number of hydrogen-bond donors (Lipinski definition) is 0. The maximum atomic E-state index is 5.85. The van der Waals surface area contributed by atoms with Crippen LogP contribution in [0.4, 0.5) is 0 Å². The molecule has 0 unspecified atom stereocenters. The quantitative estimate of drug-likeness (QED) is 0.735. The molecule has 0 aromatic heterocycles. The minimum Gasteiger partial charge on any atom is -0.457 e. The first-order chi connectivity index (χ1) is 7.81. The summed E-state index contributed by atoms with van der Waals surface area (Å²) < 4.78 is 5.85. The van der Waals surface area contributed by atoms with Gasteiger partial charge >= 0.3 is 0 Å². The van der Waals surface area contributed by atoms with E-state index in [0.29, 0.717) is 0 Å². The molecule has 1 nitrogen and oxygen atoms in total. The Balaban J connectivity index is 2.28. The summed E-state index contributed by atoms with van der Waals surface area (Å²) >= 11 is 0. The standard InChI is InChI=1S/C15H16O/c1-3-13-8-7-11-15(12(13)2)16-14-9-5-4-6-10-14/h4-11H,3H2,1-2H3. The Hall–Kier alpha value is -1.76. The largest absolute Gasteiger partial charge is 0.457 e. The van der Waals surface area contributed by atoms with E-state index in [2.05, 4.69) is 19.9 Å². The Morgan fingerprint density at radius 3 is 2.38 bits per heavy atom. The molecular weight excluding hydrogens is 196 g/mol. The van der Waals surface area contributed by atoms with E-state index >= 15 is 0 Å². The lowest BCUT2D eigenvalue weighted by atomic mass is 10.1. The molecule has 0 radical (unpaired) electrons. The smallest absolute Gasteiger partial charge is 0.130 e. The van der Waals surface area contributed by atoms with Crippen LogP contribution >= 0.6 is 0 Å². The summed E-state index contributed by atoms with van der Waals surface area (Å²) in [5.74, 6) is 1.84. The zero-order valence-electron chi connectivity index (χ0n) is 9.73. The van der Waals surface area contributed by atoms with Crippen molar-refractivity contribution in [2.24, 2.45) is 0 Å². The minimum absolute atomic E-state index is 0.888. The fourth-order valence-electron chi connectivity index (χ4n) is 1.77. The second-order valence-corrected chi connectivity index (χ2v) is 3.81. The molecule has 16 heavy (non-hydrogen) atoms. The second-order valence-electron chi connectivity index (χ2n) is 3.81. The Morgan fingerprint density at radius 2 is 1.69 bits per heavy atom. The maximum absolute atomic E-state index is 5.85. The van der Waals surface area contributed by atoms with E-state index in [4.69, 9.17) is 4.74 Å². The van der Waals surface area contributed by atoms with Crippen molar-refractivity contribution >= 4 is 0 Å². The monoisotopic (exact) mass is 212 g/mol. The van der Waals surface area contributed by atoms with Gasteiger partial charge < -0.3 is 4.74 Å². The lowest BCUT2D eigenvalue weighted by molar-refractivity contribution is 0.478. The molecule has 0 spiro atoms. The van der Waals surface area contributed by atoms with E-state index < -0.39 is 0 Å². The van der Waals surface area contributed by atoms with Crippen molar-refractivity contribution in [1.82, 2.24) is 0 Å². The lowest BCUT2D eigenvalue weighted by Gasteiger charge is -2.11. The van der Waals surface area contributed by atoms with Gasteiger partial charge in [-0.3, -0.25) is 0 Å². The summed E-state index contributed by atoms with van der Waals surface area (Å²) in [5, 5.41) is 0. The second kappa shape index (κ2) is 4.84. The van der Waals surface area contributed by atoms with Gasteiger partial charge in [-0.25, -0.2) is 0 Å². The van der Waals surface area contributed by atoms with E-state index in [1.807, 2.05) is 42.5 Å². The van der Waals surface area contributed by atoms with Crippen molar-refractivity contribution in [3.8, 4) is 11.5 Å². The highest BCUT2D eigenvalue weighted by atomic mass is 16.5. The van der Waals surface area contributed by atoms with Crippen LogP contribution in [-0.2, 0) is 6.42 Å². The van der Waals surface area contributed by atoms with Crippen LogP contribution in [0.3, 0.4) is 0 Å². The molecule has 2 aromatic carbocycles. The molecule has 0 heterocycles. The molecule has 0 saturated heterocycles. The van der Waals surface area contributed by atoms with Crippen molar-refractivity contribution in [2.75, 3.05) is 0 Å². The molecular formula is C15H16O. The average Bonchev–Trinajstić information content (AvgIpc) is 2.33. The van der Waals surface area contributed by atoms with E-state index in [1.54, 1.807) is 0 Å². The van der Waals surface area contributed by atoms with Gasteiger partial charge in [-0.2, -0.15) is 0 Å². The summed E-state index contributed by atoms with van der Waals surface area (Å²) in [7, 11) is 0. The highest BCUT2D eigenvalue weighted by molar-refractivity contribution is 5.41. The molecule has 0 fully saturated rings. The lowest BCUT2D eigenvalue weighted by Crippen LogP contribution is -1.91. The van der Waals surface area contributed by atoms with Crippen LogP contribution in [-0.4, -0.2) is 0 Å². The number of hydrogen-bond acceptors (Lipinski definition) is 1. The van der Waals surface area contributed by atoms with Crippen molar-refractivity contribution < 1.29 is 4.74 Å². The first-order valence-electron chi connectivity index (χ1n) is 5.62. The Kier molecular flexibility index (Phi) is 3.25. The molecule has 0 aliphatic rings. The number of benzene rings is 2. The van der Waals surface area contributed by atoms with Crippen LogP contribution in [0.2, 0.25) is 0 Å². The highest BCUT2D eigenvalue weighted by Gasteiger charge is 2.04. The third-order valence-corrected chi connectivity index (χ3v) is 2.75. The Bertz CT molecular complexity index is 460. The zero-order chi connectivity index (χ0) is 11.4. The van der Waals surface area contributed by atoms with Crippen molar-refractivity contribution in [3.63, 3.8) is 0 Å². The summed E-state index contributed by atoms with van der Waals surface area (Å²) in [6.45, 7) is 4.27. The molecule has 82 valence electrons. The number of rotatable bonds is 3. The molecule has 2 rings (SSSR count). The van der Waals surface area contributed by atoms with Gasteiger partial charge in [0.05, 0.1) is 0 Å². The number of aryl methyl sites for hydroxylation is 1. The SMILES string of the molecule is CCc1cccc(Oc2ccccc2)c1C. The first-order valence-corrected chi connectivity index (χ1v) is 5.62. The van der Waals surface area contributed by atoms with Gasteiger partial charge in [0.2, 0.25) is 0 Å². The maximum Gasteiger partial charge on any atom is 0.130 e. The molecule has 0 aliphatic heterocycles. The molecule has 0 N–H and O–H groups in total. The average molecular weight is 212 g/mol. The number of ether oxygens (including phenoxy) is 1. The van der Waals surface area contributed by atoms with E-state index in [1.165, 1.54) is 11.1 Å². The molecule has 0 saturated carbocycles. The molecule has 0 amide bonds. The van der Waals surface area contributed by atoms with Crippen LogP contribution < -0.4 is 4.74 Å². The van der Waals surface area contributed by atoms with Crippen LogP contribution in [0.1, 0.15) is 18.1 Å². The van der Waals surface area contributed by atoms with Gasteiger partial charge in [-0.05, 0) is 42.7 Å². The number of para-hydroxylation sites is 1. The molecule has 2 aromatic rings. The van der Waals surface area contributed by atoms with Gasteiger partial charge in [-0.15, -0.1) is 0 Å². The zero-order valence-corrected chi connectivity index (χ0v) is 9.73. The predicted octanol–water partition coefficient (Wildman–Crippen LogP) is 4.35. The van der Waals surface area contributed by atoms with Crippen molar-refractivity contribution in [1.29, 1.82) is 0 Å². The van der Waals surface area contributed by atoms with Crippen LogP contribution in [0.15, 0.2) is 48.5 Å². The van der Waals surface area contributed by atoms with Crippen LogP contribution in [0.5, 0.6) is 11.5 Å². The van der Waals surface area contributed by atoms with Crippen molar-refractivity contribution in [3.05, 3.63) is 59.7 Å². The molecule has 0 atom stereocenters. The van der Waals surface area contributed by atoms with Gasteiger partial charge in [0.1, 0.15) is 11.5 Å². The molecule has 0 aliphatic carbocycles. The highest BCUT2D eigenvalue weighted by Crippen LogP contribution is 2.26. The van der Waals surface area contributed by atoms with Gasteiger partial charge in [-0.1, -0.05) is 37.3 Å². The van der Waals surface area contributed by atoms with Gasteiger partial charge in [0, 0.05) is 0 Å². The van der Waals surface area contributed by atoms with Crippen LogP contribution in [0.25, 0.3) is 0 Å². The van der Waals surface area contributed by atoms with Gasteiger partial charge in [0.15, 0.2) is 0 Å². The summed E-state index contributed by atoms with van der Waals surface area (Å²) in [6, 6.07) is 16.1. The summed E-state index contributed by atoms with van der Waals surface area (Å²) in [5.41, 5.74) is 2.57. The first kappa shape index (κ1) is 10.7. The predicted molar refractivity (Wildman–Crippen MR) is 67.1 cm³/mol. The summed E-state index contributed by atoms with van der Waals surface area (Å²) in [6.07, 6.45) is 1.04. The summed E-state index contributed by atoms with van der Waals surface area (Å²) in [4.78, 5) is 0. The Morgan fingerprint density at radius 1 is 0.938 bits per heavy atom. The Labute approximate surface area is 96.7 Å². The normalized spacial score (nSPS) is 10.1. The topological polar surface area (TPSA) is 9.23 Å². The fourth-order valence-corrected chi connectivity index (χ4v) is 1.77. The fraction of sp³-hybridized carbons (Fsp3) is 0.200. The van der Waals surface area contributed by atoms with E-state index in [-0.39, 0.29) is 0 Å². The van der Waals surface area contributed by atoms with E-state index in [9.17, 15) is 0 Å². The van der Waals surface area contributed by atoms with E-state index in [0.717, 1.165) is 17.9 Å². The van der Waals surface area contributed by atoms with Crippen LogP contribution in [0, 0.1) is 6.92 Å². The molecule has 1 heteroatoms. The minimum atomic E-state index is 0.888. The third-order valence-electron chi connectivity index (χ3n) is 2.75.